The van der Waals surface area contributed by atoms with E-state index in [9.17, 15) is 4.79 Å². The average molecular weight is 297 g/mol. The van der Waals surface area contributed by atoms with E-state index in [0.717, 1.165) is 18.7 Å². The largest absolute Gasteiger partial charge is 0.450 e. The number of piperazine rings is 1. The van der Waals surface area contributed by atoms with E-state index in [1.165, 1.54) is 0 Å². The molecule has 0 spiro atoms. The molecule has 1 aliphatic heterocycles. The lowest BCUT2D eigenvalue weighted by molar-refractivity contribution is 0.0829. The molecule has 114 valence electrons. The minimum atomic E-state index is -0.235. The molecular formula is C17H19N3O2. The fourth-order valence-electron chi connectivity index (χ4n) is 2.22. The molecule has 1 heterocycles. The summed E-state index contributed by atoms with van der Waals surface area (Å²) in [5.74, 6) is 6.20. The van der Waals surface area contributed by atoms with E-state index in [2.05, 4.69) is 22.8 Å². The molecular weight excluding hydrogens is 278 g/mol. The van der Waals surface area contributed by atoms with E-state index < -0.39 is 0 Å². The number of benzene rings is 1. The van der Waals surface area contributed by atoms with E-state index in [4.69, 9.17) is 10.00 Å². The van der Waals surface area contributed by atoms with E-state index in [-0.39, 0.29) is 6.09 Å². The Hall–Kier alpha value is -2.50. The highest BCUT2D eigenvalue weighted by atomic mass is 16.6. The maximum atomic E-state index is 11.6. The molecule has 22 heavy (non-hydrogen) atoms. The van der Waals surface area contributed by atoms with Crippen LogP contribution in [0.2, 0.25) is 0 Å². The lowest BCUT2D eigenvalue weighted by Gasteiger charge is -2.32. The zero-order valence-electron chi connectivity index (χ0n) is 12.7. The molecule has 1 aliphatic rings. The summed E-state index contributed by atoms with van der Waals surface area (Å²) >= 11 is 0. The van der Waals surface area contributed by atoms with Crippen LogP contribution in [0, 0.1) is 23.2 Å². The number of nitrogens with zero attached hydrogens (tertiary/aromatic N) is 3. The van der Waals surface area contributed by atoms with Gasteiger partial charge in [0.1, 0.15) is 0 Å². The monoisotopic (exact) mass is 297 g/mol. The van der Waals surface area contributed by atoms with Crippen molar-refractivity contribution in [2.75, 3.05) is 39.3 Å². The normalized spacial score (nSPS) is 14.6. The van der Waals surface area contributed by atoms with Gasteiger partial charge in [-0.25, -0.2) is 4.79 Å². The predicted octanol–water partition coefficient (Wildman–Crippen LogP) is 1.68. The van der Waals surface area contributed by atoms with E-state index in [1.807, 2.05) is 19.1 Å². The molecule has 2 rings (SSSR count). The number of hydrogen-bond donors (Lipinski definition) is 0. The third-order valence-corrected chi connectivity index (χ3v) is 3.43. The Kier molecular flexibility index (Phi) is 5.82. The molecule has 1 aromatic carbocycles. The molecule has 5 nitrogen and oxygen atoms in total. The fourth-order valence-corrected chi connectivity index (χ4v) is 2.22. The van der Waals surface area contributed by atoms with Crippen molar-refractivity contribution in [1.82, 2.24) is 9.80 Å². The maximum Gasteiger partial charge on any atom is 0.409 e. The van der Waals surface area contributed by atoms with Crippen LogP contribution in [0.3, 0.4) is 0 Å². The molecule has 1 amide bonds. The van der Waals surface area contributed by atoms with Crippen molar-refractivity contribution in [2.24, 2.45) is 0 Å². The highest BCUT2D eigenvalue weighted by Gasteiger charge is 2.20. The molecule has 0 unspecified atom stereocenters. The second-order valence-corrected chi connectivity index (χ2v) is 4.96. The van der Waals surface area contributed by atoms with Gasteiger partial charge in [-0.15, -0.1) is 0 Å². The number of nitriles is 1. The first-order chi connectivity index (χ1) is 10.7. The molecule has 0 saturated carbocycles. The van der Waals surface area contributed by atoms with Crippen molar-refractivity contribution < 1.29 is 9.53 Å². The van der Waals surface area contributed by atoms with Crippen LogP contribution >= 0.6 is 0 Å². The lowest BCUT2D eigenvalue weighted by atomic mass is 10.1. The standard InChI is InChI=1S/C17H19N3O2/c1-2-22-17(21)20-11-9-19(10-12-20)8-4-7-15-5-3-6-16(13-15)14-18/h3,5-6,13H,2,8-12H2,1H3. The first-order valence-corrected chi connectivity index (χ1v) is 7.36. The van der Waals surface area contributed by atoms with Crippen LogP contribution in [0.15, 0.2) is 24.3 Å². The van der Waals surface area contributed by atoms with Crippen molar-refractivity contribution >= 4 is 6.09 Å². The molecule has 0 N–H and O–H groups in total. The van der Waals surface area contributed by atoms with Crippen molar-refractivity contribution in [2.45, 2.75) is 6.92 Å². The Morgan fingerprint density at radius 2 is 2.00 bits per heavy atom. The first kappa shape index (κ1) is 15.9. The fraction of sp³-hybridized carbons (Fsp3) is 0.412. The molecule has 0 aromatic heterocycles. The second-order valence-electron chi connectivity index (χ2n) is 4.96. The molecule has 1 saturated heterocycles. The van der Waals surface area contributed by atoms with E-state index >= 15 is 0 Å². The van der Waals surface area contributed by atoms with E-state index in [0.29, 0.717) is 31.8 Å². The second kappa shape index (κ2) is 8.07. The summed E-state index contributed by atoms with van der Waals surface area (Å²) in [7, 11) is 0. The minimum absolute atomic E-state index is 0.235. The number of hydrogen-bond acceptors (Lipinski definition) is 4. The van der Waals surface area contributed by atoms with Crippen LogP contribution in [0.5, 0.6) is 0 Å². The summed E-state index contributed by atoms with van der Waals surface area (Å²) in [4.78, 5) is 15.5. The van der Waals surface area contributed by atoms with Gasteiger partial charge in [0.25, 0.3) is 0 Å². The van der Waals surface area contributed by atoms with Crippen molar-refractivity contribution in [1.29, 1.82) is 5.26 Å². The van der Waals surface area contributed by atoms with Crippen molar-refractivity contribution in [3.05, 3.63) is 35.4 Å². The van der Waals surface area contributed by atoms with Gasteiger partial charge in [0.15, 0.2) is 0 Å². The first-order valence-electron chi connectivity index (χ1n) is 7.36. The third kappa shape index (κ3) is 4.51. The quantitative estimate of drug-likeness (QED) is 0.779. The van der Waals surface area contributed by atoms with E-state index in [1.54, 1.807) is 17.0 Å². The van der Waals surface area contributed by atoms with Gasteiger partial charge in [0.05, 0.1) is 24.8 Å². The van der Waals surface area contributed by atoms with Gasteiger partial charge >= 0.3 is 6.09 Å². The molecule has 0 aliphatic carbocycles. The average Bonchev–Trinajstić information content (AvgIpc) is 2.56. The zero-order chi connectivity index (χ0) is 15.8. The van der Waals surface area contributed by atoms with Crippen LogP contribution in [0.1, 0.15) is 18.1 Å². The number of carbonyl (C=O) groups is 1. The summed E-state index contributed by atoms with van der Waals surface area (Å²) in [6.07, 6.45) is -0.235. The smallest absolute Gasteiger partial charge is 0.409 e. The Morgan fingerprint density at radius 3 is 2.68 bits per heavy atom. The van der Waals surface area contributed by atoms with Crippen molar-refractivity contribution in [3.8, 4) is 17.9 Å². The van der Waals surface area contributed by atoms with Crippen LogP contribution in [-0.4, -0.2) is 55.2 Å². The maximum absolute atomic E-state index is 11.6. The summed E-state index contributed by atoms with van der Waals surface area (Å²) < 4.78 is 4.99. The van der Waals surface area contributed by atoms with Gasteiger partial charge in [-0.2, -0.15) is 5.26 Å². The summed E-state index contributed by atoms with van der Waals surface area (Å²) in [5.41, 5.74) is 1.47. The molecule has 0 radical (unpaired) electrons. The molecule has 0 atom stereocenters. The highest BCUT2D eigenvalue weighted by molar-refractivity contribution is 5.67. The molecule has 5 heteroatoms. The van der Waals surface area contributed by atoms with Gasteiger partial charge in [0.2, 0.25) is 0 Å². The number of rotatable bonds is 2. The SMILES string of the molecule is CCOC(=O)N1CCN(CC#Cc2cccc(C#N)c2)CC1. The number of ether oxygens (including phenoxy) is 1. The highest BCUT2D eigenvalue weighted by Crippen LogP contribution is 2.04. The Labute approximate surface area is 131 Å². The predicted molar refractivity (Wildman–Crippen MR) is 83.1 cm³/mol. The van der Waals surface area contributed by atoms with Gasteiger partial charge in [-0.1, -0.05) is 17.9 Å². The number of carbonyl (C=O) groups excluding carboxylic acids is 1. The van der Waals surface area contributed by atoms with Crippen LogP contribution in [-0.2, 0) is 4.74 Å². The summed E-state index contributed by atoms with van der Waals surface area (Å²) in [5, 5.41) is 8.85. The topological polar surface area (TPSA) is 56.6 Å². The van der Waals surface area contributed by atoms with Gasteiger partial charge in [-0.3, -0.25) is 4.90 Å². The van der Waals surface area contributed by atoms with Gasteiger partial charge < -0.3 is 9.64 Å². The number of amides is 1. The minimum Gasteiger partial charge on any atom is -0.450 e. The summed E-state index contributed by atoms with van der Waals surface area (Å²) in [6.45, 7) is 5.82. The van der Waals surface area contributed by atoms with Crippen LogP contribution < -0.4 is 0 Å². The molecule has 0 bridgehead atoms. The van der Waals surface area contributed by atoms with Crippen LogP contribution in [0.25, 0.3) is 0 Å². The Balaban J connectivity index is 1.81. The molecule has 1 fully saturated rings. The van der Waals surface area contributed by atoms with Gasteiger partial charge in [0, 0.05) is 31.7 Å². The lowest BCUT2D eigenvalue weighted by Crippen LogP contribution is -2.48. The van der Waals surface area contributed by atoms with Crippen LogP contribution in [0.4, 0.5) is 4.79 Å². The zero-order valence-corrected chi connectivity index (χ0v) is 12.7. The third-order valence-electron chi connectivity index (χ3n) is 3.43. The van der Waals surface area contributed by atoms with Crippen molar-refractivity contribution in [3.63, 3.8) is 0 Å². The van der Waals surface area contributed by atoms with Gasteiger partial charge in [-0.05, 0) is 25.1 Å². The molecule has 1 aromatic rings. The Bertz CT molecular complexity index is 617. The summed E-state index contributed by atoms with van der Waals surface area (Å²) in [6, 6.07) is 9.38. The Morgan fingerprint density at radius 1 is 1.27 bits per heavy atom.